The number of carbonyl (C=O) groups is 1. The number of aliphatic hydroxyl groups excluding tert-OH is 1. The molecule has 0 spiro atoms. The van der Waals surface area contributed by atoms with E-state index < -0.39 is 13.8 Å². The van der Waals surface area contributed by atoms with Gasteiger partial charge < -0.3 is 9.63 Å². The number of unbranched alkanes of at least 4 members (excludes halogenated alkanes) is 7. The molecule has 0 saturated carbocycles. The highest BCUT2D eigenvalue weighted by Crippen LogP contribution is 2.50. The first kappa shape index (κ1) is 22.3. The average molecular weight is 350 g/mol. The summed E-state index contributed by atoms with van der Waals surface area (Å²) in [4.78, 5) is 11.5. The molecule has 0 aliphatic rings. The van der Waals surface area contributed by atoms with Crippen LogP contribution in [-0.2, 0) is 22.9 Å². The Balaban J connectivity index is 3.99. The highest BCUT2D eigenvalue weighted by atomic mass is 31.2. The molecule has 7 heteroatoms. The summed E-state index contributed by atoms with van der Waals surface area (Å²) in [6.45, 7) is 6.67. The van der Waals surface area contributed by atoms with Crippen molar-refractivity contribution >= 4 is 13.8 Å². The SMILES string of the molecule is C=C(C)C(=O)OP(=O)(OCCO)OCCCCCCCCCC. The summed E-state index contributed by atoms with van der Waals surface area (Å²) < 4.78 is 27.0. The highest BCUT2D eigenvalue weighted by Gasteiger charge is 2.31. The fourth-order valence-electron chi connectivity index (χ4n) is 1.83. The molecule has 6 nitrogen and oxygen atoms in total. The maximum Gasteiger partial charge on any atom is 0.532 e. The minimum absolute atomic E-state index is 0.105. The van der Waals surface area contributed by atoms with Crippen LogP contribution in [0.15, 0.2) is 12.2 Å². The third kappa shape index (κ3) is 12.4. The van der Waals surface area contributed by atoms with Gasteiger partial charge in [-0.25, -0.2) is 9.36 Å². The molecule has 0 bridgehead atoms. The van der Waals surface area contributed by atoms with Crippen molar-refractivity contribution in [2.45, 2.75) is 65.2 Å². The fourth-order valence-corrected chi connectivity index (χ4v) is 3.03. The molecule has 0 aliphatic carbocycles. The van der Waals surface area contributed by atoms with Crippen LogP contribution in [-0.4, -0.2) is 30.9 Å². The molecular weight excluding hydrogens is 319 g/mol. The highest BCUT2D eigenvalue weighted by molar-refractivity contribution is 7.49. The van der Waals surface area contributed by atoms with E-state index >= 15 is 0 Å². The van der Waals surface area contributed by atoms with Gasteiger partial charge in [-0.15, -0.1) is 0 Å². The van der Waals surface area contributed by atoms with E-state index in [9.17, 15) is 9.36 Å². The van der Waals surface area contributed by atoms with Gasteiger partial charge in [0.15, 0.2) is 0 Å². The molecule has 136 valence electrons. The van der Waals surface area contributed by atoms with E-state index in [1.54, 1.807) is 0 Å². The summed E-state index contributed by atoms with van der Waals surface area (Å²) in [5.74, 6) is -0.831. The van der Waals surface area contributed by atoms with Crippen molar-refractivity contribution in [2.75, 3.05) is 19.8 Å². The second-order valence-electron chi connectivity index (χ2n) is 5.47. The average Bonchev–Trinajstić information content (AvgIpc) is 2.51. The third-order valence-electron chi connectivity index (χ3n) is 3.13. The summed E-state index contributed by atoms with van der Waals surface area (Å²) in [6, 6.07) is 0. The Morgan fingerprint density at radius 2 is 1.52 bits per heavy atom. The third-order valence-corrected chi connectivity index (χ3v) is 4.52. The zero-order valence-electron chi connectivity index (χ0n) is 14.4. The van der Waals surface area contributed by atoms with Crippen LogP contribution in [0.4, 0.5) is 0 Å². The molecule has 0 heterocycles. The quantitative estimate of drug-likeness (QED) is 0.268. The maximum absolute atomic E-state index is 12.3. The first-order valence-electron chi connectivity index (χ1n) is 8.34. The Bertz CT molecular complexity index is 383. The van der Waals surface area contributed by atoms with E-state index in [1.165, 1.54) is 39.0 Å². The molecule has 0 fully saturated rings. The van der Waals surface area contributed by atoms with E-state index in [2.05, 4.69) is 13.5 Å². The molecule has 23 heavy (non-hydrogen) atoms. The molecule has 0 aromatic carbocycles. The topological polar surface area (TPSA) is 82.1 Å². The fraction of sp³-hybridized carbons (Fsp3) is 0.812. The van der Waals surface area contributed by atoms with Gasteiger partial charge >= 0.3 is 13.8 Å². The van der Waals surface area contributed by atoms with Crippen molar-refractivity contribution in [2.24, 2.45) is 0 Å². The number of hydrogen-bond acceptors (Lipinski definition) is 6. The summed E-state index contributed by atoms with van der Waals surface area (Å²) in [7, 11) is -3.99. The summed E-state index contributed by atoms with van der Waals surface area (Å²) >= 11 is 0. The normalized spacial score (nSPS) is 13.5. The molecule has 1 atom stereocenters. The Kier molecular flexibility index (Phi) is 13.3. The standard InChI is InChI=1S/C16H31O6P/c1-4-5-6-7-8-9-10-11-13-20-23(19,21-14-12-17)22-16(18)15(2)3/h17H,2,4-14H2,1,3H3. The van der Waals surface area contributed by atoms with Crippen molar-refractivity contribution in [1.82, 2.24) is 0 Å². The van der Waals surface area contributed by atoms with Gasteiger partial charge in [0, 0.05) is 5.57 Å². The molecular formula is C16H31O6P. The lowest BCUT2D eigenvalue weighted by Crippen LogP contribution is -2.10. The molecule has 0 aromatic heterocycles. The van der Waals surface area contributed by atoms with Crippen LogP contribution >= 0.6 is 7.82 Å². The summed E-state index contributed by atoms with van der Waals surface area (Å²) in [5.41, 5.74) is 0.105. The van der Waals surface area contributed by atoms with Crippen molar-refractivity contribution in [3.63, 3.8) is 0 Å². The van der Waals surface area contributed by atoms with Crippen molar-refractivity contribution in [3.8, 4) is 0 Å². The van der Waals surface area contributed by atoms with Gasteiger partial charge in [-0.2, -0.15) is 0 Å². The Morgan fingerprint density at radius 1 is 1.00 bits per heavy atom. The second kappa shape index (κ2) is 13.7. The number of hydrogen-bond donors (Lipinski definition) is 1. The lowest BCUT2D eigenvalue weighted by Gasteiger charge is -2.17. The molecule has 0 radical (unpaired) electrons. The van der Waals surface area contributed by atoms with Crippen LogP contribution < -0.4 is 0 Å². The predicted octanol–water partition coefficient (Wildman–Crippen LogP) is 4.38. The first-order chi connectivity index (χ1) is 10.9. The zero-order chi connectivity index (χ0) is 17.6. The lowest BCUT2D eigenvalue weighted by molar-refractivity contribution is -0.132. The largest absolute Gasteiger partial charge is 0.532 e. The summed E-state index contributed by atoms with van der Waals surface area (Å²) in [5, 5.41) is 8.74. The van der Waals surface area contributed by atoms with Gasteiger partial charge in [-0.05, 0) is 13.3 Å². The van der Waals surface area contributed by atoms with Gasteiger partial charge in [0.25, 0.3) is 0 Å². The lowest BCUT2D eigenvalue weighted by atomic mass is 10.1. The van der Waals surface area contributed by atoms with Crippen LogP contribution in [0.2, 0.25) is 0 Å². The van der Waals surface area contributed by atoms with Gasteiger partial charge in [0.2, 0.25) is 0 Å². The van der Waals surface area contributed by atoms with E-state index in [0.29, 0.717) is 6.42 Å². The van der Waals surface area contributed by atoms with Gasteiger partial charge in [-0.1, -0.05) is 58.4 Å². The van der Waals surface area contributed by atoms with Crippen LogP contribution in [0.3, 0.4) is 0 Å². The molecule has 1 unspecified atom stereocenters. The van der Waals surface area contributed by atoms with Crippen LogP contribution in [0.25, 0.3) is 0 Å². The molecule has 0 aliphatic heterocycles. The number of carbonyl (C=O) groups excluding carboxylic acids is 1. The van der Waals surface area contributed by atoms with Gasteiger partial charge in [-0.3, -0.25) is 9.05 Å². The van der Waals surface area contributed by atoms with Gasteiger partial charge in [0.05, 0.1) is 19.8 Å². The predicted molar refractivity (Wildman–Crippen MR) is 90.1 cm³/mol. The van der Waals surface area contributed by atoms with Crippen LogP contribution in [0.1, 0.15) is 65.2 Å². The monoisotopic (exact) mass is 350 g/mol. The van der Waals surface area contributed by atoms with E-state index in [1.807, 2.05) is 0 Å². The first-order valence-corrected chi connectivity index (χ1v) is 9.80. The summed E-state index contributed by atoms with van der Waals surface area (Å²) in [6.07, 6.45) is 8.98. The Labute approximate surface area is 139 Å². The Hall–Kier alpha value is -0.680. The number of phosphoric acid groups is 1. The molecule has 0 rings (SSSR count). The number of rotatable bonds is 15. The molecule has 0 amide bonds. The minimum Gasteiger partial charge on any atom is -0.394 e. The van der Waals surface area contributed by atoms with Crippen molar-refractivity contribution in [1.29, 1.82) is 0 Å². The van der Waals surface area contributed by atoms with Crippen LogP contribution in [0, 0.1) is 0 Å². The van der Waals surface area contributed by atoms with E-state index in [0.717, 1.165) is 12.8 Å². The van der Waals surface area contributed by atoms with Gasteiger partial charge in [0.1, 0.15) is 0 Å². The molecule has 1 N–H and O–H groups in total. The van der Waals surface area contributed by atoms with Crippen LogP contribution in [0.5, 0.6) is 0 Å². The van der Waals surface area contributed by atoms with Crippen molar-refractivity contribution < 1.29 is 28.0 Å². The maximum atomic E-state index is 12.3. The second-order valence-corrected chi connectivity index (χ2v) is 7.06. The van der Waals surface area contributed by atoms with Crippen molar-refractivity contribution in [3.05, 3.63) is 12.2 Å². The number of phosphoric ester groups is 1. The Morgan fingerprint density at radius 3 is 2.04 bits per heavy atom. The van der Waals surface area contributed by atoms with E-state index in [-0.39, 0.29) is 25.4 Å². The van der Waals surface area contributed by atoms with E-state index in [4.69, 9.17) is 18.7 Å². The zero-order valence-corrected chi connectivity index (χ0v) is 15.3. The minimum atomic E-state index is -3.99. The number of aliphatic hydroxyl groups is 1. The molecule has 0 aromatic rings. The molecule has 0 saturated heterocycles. The smallest absolute Gasteiger partial charge is 0.394 e.